The van der Waals surface area contributed by atoms with Gasteiger partial charge in [0.05, 0.1) is 17.6 Å². The van der Waals surface area contributed by atoms with Crippen molar-refractivity contribution in [2.45, 2.75) is 59.4 Å². The Morgan fingerprint density at radius 2 is 1.73 bits per heavy atom. The van der Waals surface area contributed by atoms with Crippen molar-refractivity contribution in [1.29, 1.82) is 0 Å². The van der Waals surface area contributed by atoms with E-state index in [-0.39, 0.29) is 23.3 Å². The third kappa shape index (κ3) is 6.41. The van der Waals surface area contributed by atoms with Crippen LogP contribution in [0, 0.1) is 11.7 Å². The summed E-state index contributed by atoms with van der Waals surface area (Å²) < 4.78 is 23.2. The van der Waals surface area contributed by atoms with E-state index in [4.69, 9.17) is 9.72 Å². The monoisotopic (exact) mass is 603 g/mol. The fourth-order valence-corrected chi connectivity index (χ4v) is 5.90. The minimum absolute atomic E-state index is 0.105. The van der Waals surface area contributed by atoms with Crippen molar-refractivity contribution in [2.24, 2.45) is 5.92 Å². The Kier molecular flexibility index (Phi) is 9.51. The minimum Gasteiger partial charge on any atom is -0.424 e. The van der Waals surface area contributed by atoms with E-state index in [1.807, 2.05) is 70.0 Å². The van der Waals surface area contributed by atoms with Gasteiger partial charge in [-0.2, -0.15) is 0 Å². The van der Waals surface area contributed by atoms with Gasteiger partial charge in [0.1, 0.15) is 5.82 Å². The Morgan fingerprint density at radius 3 is 2.39 bits per heavy atom. The van der Waals surface area contributed by atoms with Crippen LogP contribution < -0.4 is 15.4 Å². The second-order valence-corrected chi connectivity index (χ2v) is 11.6. The summed E-state index contributed by atoms with van der Waals surface area (Å²) in [5, 5.41) is 0. The number of amides is 1. The van der Waals surface area contributed by atoms with Gasteiger partial charge in [-0.05, 0) is 56.5 Å². The maximum atomic E-state index is 13.6. The Balaban J connectivity index is 1.37. The summed E-state index contributed by atoms with van der Waals surface area (Å²) in [6, 6.07) is 16.2. The molecule has 0 aliphatic carbocycles. The van der Waals surface area contributed by atoms with E-state index < -0.39 is 12.3 Å². The molecule has 11 heteroatoms. The second-order valence-electron chi connectivity index (χ2n) is 11.6. The normalized spacial score (nSPS) is 14.7. The first kappa shape index (κ1) is 31.0. The Morgan fingerprint density at radius 1 is 1.05 bits per heavy atom. The first-order chi connectivity index (χ1) is 21.2. The molecule has 0 saturated carbocycles. The molecule has 1 aliphatic rings. The van der Waals surface area contributed by atoms with E-state index >= 15 is 0 Å². The molecule has 1 atom stereocenters. The summed E-state index contributed by atoms with van der Waals surface area (Å²) in [7, 11) is 1.95. The Labute approximate surface area is 257 Å². The van der Waals surface area contributed by atoms with Crippen molar-refractivity contribution in [3.05, 3.63) is 82.5 Å². The lowest BCUT2D eigenvalue weighted by Crippen LogP contribution is -2.47. The lowest BCUT2D eigenvalue weighted by atomic mass is 10.0. The average molecular weight is 604 g/mol. The quantitative estimate of drug-likeness (QED) is 0.236. The lowest BCUT2D eigenvalue weighted by molar-refractivity contribution is 0.00162. The molecule has 4 aromatic rings. The van der Waals surface area contributed by atoms with E-state index in [1.54, 1.807) is 4.90 Å². The van der Waals surface area contributed by atoms with E-state index in [1.165, 1.54) is 29.0 Å². The van der Waals surface area contributed by atoms with Crippen LogP contribution in [0.1, 0.15) is 52.3 Å². The molecule has 3 heterocycles. The van der Waals surface area contributed by atoms with Gasteiger partial charge < -0.3 is 24.0 Å². The summed E-state index contributed by atoms with van der Waals surface area (Å²) in [5.41, 5.74) is 2.68. The van der Waals surface area contributed by atoms with Crippen molar-refractivity contribution in [3.8, 4) is 0 Å². The van der Waals surface area contributed by atoms with Gasteiger partial charge in [0.25, 0.3) is 5.56 Å². The van der Waals surface area contributed by atoms with Gasteiger partial charge in [-0.15, -0.1) is 0 Å². The number of hydrogen-bond acceptors (Lipinski definition) is 7. The highest BCUT2D eigenvalue weighted by atomic mass is 19.1. The predicted octanol–water partition coefficient (Wildman–Crippen LogP) is 5.52. The first-order valence-electron chi connectivity index (χ1n) is 15.4. The number of rotatable bonds is 10. The molecule has 1 fully saturated rings. The van der Waals surface area contributed by atoms with Crippen molar-refractivity contribution < 1.29 is 13.9 Å². The molecule has 10 nitrogen and oxygen atoms in total. The molecular formula is C33H42FN7O3. The molecule has 44 heavy (non-hydrogen) atoms. The summed E-state index contributed by atoms with van der Waals surface area (Å²) >= 11 is 0. The zero-order valence-electron chi connectivity index (χ0n) is 26.2. The third-order valence-corrected chi connectivity index (χ3v) is 8.43. The molecular weight excluding hydrogens is 561 g/mol. The van der Waals surface area contributed by atoms with Gasteiger partial charge in [0.2, 0.25) is 11.9 Å². The summed E-state index contributed by atoms with van der Waals surface area (Å²) in [6.07, 6.45) is 1.89. The number of aromatic nitrogens is 4. The number of anilines is 2. The topological polar surface area (TPSA) is 88.7 Å². The molecule has 0 spiro atoms. The fraction of sp³-hybridized carbons (Fsp3) is 0.455. The zero-order chi connectivity index (χ0) is 31.4. The molecule has 2 aromatic heterocycles. The highest BCUT2D eigenvalue weighted by molar-refractivity contribution is 5.79. The number of para-hydroxylation sites is 2. The van der Waals surface area contributed by atoms with Crippen LogP contribution in [0.25, 0.3) is 11.0 Å². The van der Waals surface area contributed by atoms with Gasteiger partial charge in [-0.25, -0.2) is 23.7 Å². The largest absolute Gasteiger partial charge is 0.424 e. The lowest BCUT2D eigenvalue weighted by Gasteiger charge is -2.39. The van der Waals surface area contributed by atoms with Crippen LogP contribution in [-0.4, -0.2) is 69.4 Å². The van der Waals surface area contributed by atoms with E-state index in [0.717, 1.165) is 48.5 Å². The number of fused-ring (bicyclic) bond motifs is 1. The van der Waals surface area contributed by atoms with E-state index in [0.29, 0.717) is 25.6 Å². The molecule has 0 N–H and O–H groups in total. The summed E-state index contributed by atoms with van der Waals surface area (Å²) in [4.78, 5) is 41.7. The van der Waals surface area contributed by atoms with Gasteiger partial charge in [-0.3, -0.25) is 4.79 Å². The summed E-state index contributed by atoms with van der Waals surface area (Å²) in [5.74, 6) is 0.954. The number of piperidine rings is 1. The first-order valence-corrected chi connectivity index (χ1v) is 15.4. The predicted molar refractivity (Wildman–Crippen MR) is 171 cm³/mol. The standard InChI is InChI=1S/C33H42FN7O3/c1-6-38(7-2)33(43)44-30(23(3)4)41-29(42)16-19-35-31(41)37(5)26-17-20-39(21-18-26)32-36-27-10-8-9-11-28(27)40(32)22-24-12-14-25(34)15-13-24/h8-16,19,23,26,30H,6-7,17-18,20-22H2,1-5H3. The fourth-order valence-electron chi connectivity index (χ4n) is 5.90. The smallest absolute Gasteiger partial charge is 0.411 e. The number of hydrogen-bond donors (Lipinski definition) is 0. The third-order valence-electron chi connectivity index (χ3n) is 8.43. The van der Waals surface area contributed by atoms with Crippen molar-refractivity contribution in [3.63, 3.8) is 0 Å². The molecule has 5 rings (SSSR count). The Bertz CT molecular complexity index is 1620. The van der Waals surface area contributed by atoms with Crippen LogP contribution in [0.5, 0.6) is 0 Å². The van der Waals surface area contributed by atoms with Crippen LogP contribution in [0.15, 0.2) is 65.6 Å². The van der Waals surface area contributed by atoms with Crippen molar-refractivity contribution in [2.75, 3.05) is 43.0 Å². The van der Waals surface area contributed by atoms with Crippen molar-refractivity contribution in [1.82, 2.24) is 24.0 Å². The molecule has 1 amide bonds. The minimum atomic E-state index is -0.798. The number of carbonyl (C=O) groups is 1. The van der Waals surface area contributed by atoms with E-state index in [2.05, 4.69) is 20.5 Å². The molecule has 1 saturated heterocycles. The summed E-state index contributed by atoms with van der Waals surface area (Å²) in [6.45, 7) is 10.8. The number of carbonyl (C=O) groups excluding carboxylic acids is 1. The highest BCUT2D eigenvalue weighted by Gasteiger charge is 2.31. The Hall–Kier alpha value is -4.41. The number of benzene rings is 2. The molecule has 234 valence electrons. The van der Waals surface area contributed by atoms with Crippen LogP contribution >= 0.6 is 0 Å². The maximum Gasteiger partial charge on any atom is 0.411 e. The molecule has 0 bridgehead atoms. The van der Waals surface area contributed by atoms with Gasteiger partial charge >= 0.3 is 6.09 Å². The zero-order valence-corrected chi connectivity index (χ0v) is 26.2. The van der Waals surface area contributed by atoms with Crippen LogP contribution in [0.4, 0.5) is 21.1 Å². The van der Waals surface area contributed by atoms with Crippen LogP contribution in [0.2, 0.25) is 0 Å². The molecule has 2 aromatic carbocycles. The van der Waals surface area contributed by atoms with Crippen LogP contribution in [0.3, 0.4) is 0 Å². The molecule has 1 aliphatic heterocycles. The van der Waals surface area contributed by atoms with Crippen molar-refractivity contribution >= 4 is 29.0 Å². The van der Waals surface area contributed by atoms with Gasteiger partial charge in [-0.1, -0.05) is 38.1 Å². The highest BCUT2D eigenvalue weighted by Crippen LogP contribution is 2.30. The number of halogens is 1. The maximum absolute atomic E-state index is 13.6. The average Bonchev–Trinajstić information content (AvgIpc) is 3.39. The SMILES string of the molecule is CCN(CC)C(=O)OC(C(C)C)n1c(N(C)C2CCN(c3nc4ccccc4n3Cc3ccc(F)cc3)CC2)nccc1=O. The number of nitrogens with zero attached hydrogens (tertiary/aromatic N) is 7. The van der Waals surface area contributed by atoms with Crippen LogP contribution in [-0.2, 0) is 11.3 Å². The van der Waals surface area contributed by atoms with Gasteiger partial charge in [0, 0.05) is 57.4 Å². The number of ether oxygens (including phenoxy) is 1. The molecule has 1 unspecified atom stereocenters. The second kappa shape index (κ2) is 13.5. The molecule has 0 radical (unpaired) electrons. The van der Waals surface area contributed by atoms with E-state index in [9.17, 15) is 14.0 Å². The van der Waals surface area contributed by atoms with Gasteiger partial charge in [0.15, 0.2) is 6.23 Å². The number of imidazole rings is 1.